The number of rotatable bonds is 19. The Kier molecular flexibility index (Phi) is 30.9. The highest BCUT2D eigenvalue weighted by atomic mass is 79.9. The number of nitrogens with one attached hydrogen (secondary N) is 1. The van der Waals surface area contributed by atoms with Gasteiger partial charge in [0.05, 0.1) is 113 Å². The number of hydrogen-bond acceptors (Lipinski definition) is 24. The molecule has 3 N–H and O–H groups in total. The normalized spacial score (nSPS) is 17.0. The Hall–Kier alpha value is -9.09. The molecule has 3 aliphatic rings. The fourth-order valence-corrected chi connectivity index (χ4v) is 20.6. The molecular formula is C88H98BBrCl3F2N13O11S3. The molecule has 12 aromatic rings. The van der Waals surface area contributed by atoms with Crippen molar-refractivity contribution in [2.24, 2.45) is 5.73 Å². The molecule has 0 spiro atoms. The average molecular weight is 1850 g/mol. The summed E-state index contributed by atoms with van der Waals surface area (Å²) >= 11 is 21.6. The minimum absolute atomic E-state index is 0.0545. The number of hydrogen-bond donors (Lipinski definition) is 2. The molecule has 0 amide bonds. The van der Waals surface area contributed by atoms with Crippen molar-refractivity contribution >= 4 is 131 Å². The monoisotopic (exact) mass is 1840 g/mol. The van der Waals surface area contributed by atoms with Crippen molar-refractivity contribution in [3.63, 3.8) is 0 Å². The van der Waals surface area contributed by atoms with Crippen molar-refractivity contribution in [3.05, 3.63) is 230 Å². The highest BCUT2D eigenvalue weighted by Crippen LogP contribution is 2.40. The number of fused-ring (bicyclic) bond motifs is 3. The first-order chi connectivity index (χ1) is 57.7. The molecule has 6 aromatic heterocycles. The highest BCUT2D eigenvalue weighted by molar-refractivity contribution is 9.10. The summed E-state index contributed by atoms with van der Waals surface area (Å²) in [5.41, 5.74) is 14.3. The lowest BCUT2D eigenvalue weighted by atomic mass is 9.79. The number of aryl methyl sites for hydroxylation is 3. The molecule has 2 saturated carbocycles. The number of nitrogens with zero attached hydrogens (tertiary/aromatic N) is 11. The molecule has 6 aromatic carbocycles. The third-order valence-corrected chi connectivity index (χ3v) is 28.7. The van der Waals surface area contributed by atoms with Gasteiger partial charge in [-0.2, -0.15) is 8.78 Å². The smallest absolute Gasteiger partial charge is 0.481 e. The van der Waals surface area contributed by atoms with Gasteiger partial charge < -0.3 is 44.4 Å². The van der Waals surface area contributed by atoms with Crippen LogP contribution >= 0.6 is 50.7 Å². The quantitative estimate of drug-likeness (QED) is 0.0561. The van der Waals surface area contributed by atoms with Gasteiger partial charge in [0.2, 0.25) is 23.6 Å². The van der Waals surface area contributed by atoms with Crippen LogP contribution in [-0.4, -0.2) is 172 Å². The molecular weight excluding hydrogens is 1750 g/mol. The molecule has 2 aliphatic carbocycles. The molecule has 122 heavy (non-hydrogen) atoms. The van der Waals surface area contributed by atoms with E-state index in [1.165, 1.54) is 96.5 Å². The van der Waals surface area contributed by atoms with E-state index in [0.717, 1.165) is 73.0 Å². The Morgan fingerprint density at radius 1 is 0.484 bits per heavy atom. The molecule has 24 nitrogen and oxygen atoms in total. The van der Waals surface area contributed by atoms with E-state index in [-0.39, 0.29) is 58.8 Å². The zero-order valence-corrected chi connectivity index (χ0v) is 76.5. The van der Waals surface area contributed by atoms with Crippen molar-refractivity contribution in [1.82, 2.24) is 54.7 Å². The van der Waals surface area contributed by atoms with Crippen LogP contribution in [0.1, 0.15) is 113 Å². The second-order valence-electron chi connectivity index (χ2n) is 31.5. The van der Waals surface area contributed by atoms with E-state index in [2.05, 4.69) is 99.1 Å². The van der Waals surface area contributed by atoms with Crippen LogP contribution in [0.4, 0.5) is 14.7 Å². The summed E-state index contributed by atoms with van der Waals surface area (Å²) in [6.45, 7) is 13.6. The Morgan fingerprint density at radius 3 is 1.25 bits per heavy atom. The molecule has 0 bridgehead atoms. The first kappa shape index (κ1) is 93.6. The first-order valence-corrected chi connectivity index (χ1v) is 46.2. The van der Waals surface area contributed by atoms with Crippen molar-refractivity contribution in [3.8, 4) is 39.9 Å². The minimum atomic E-state index is -3.69. The predicted molar refractivity (Wildman–Crippen MR) is 481 cm³/mol. The van der Waals surface area contributed by atoms with Crippen molar-refractivity contribution in [1.29, 1.82) is 0 Å². The van der Waals surface area contributed by atoms with Crippen LogP contribution < -0.4 is 30.7 Å². The summed E-state index contributed by atoms with van der Waals surface area (Å²) in [6.07, 6.45) is 12.8. The number of halogens is 6. The summed E-state index contributed by atoms with van der Waals surface area (Å²) in [5.74, 6) is 0.635. The van der Waals surface area contributed by atoms with Crippen LogP contribution in [0.15, 0.2) is 183 Å². The number of nitrogens with two attached hydrogens (primary N) is 1. The topological polar surface area (TPSA) is 309 Å². The van der Waals surface area contributed by atoms with E-state index in [0.29, 0.717) is 74.5 Å². The van der Waals surface area contributed by atoms with Crippen LogP contribution in [0.5, 0.6) is 17.6 Å². The summed E-state index contributed by atoms with van der Waals surface area (Å²) in [4.78, 5) is 42.2. The lowest BCUT2D eigenvalue weighted by Crippen LogP contribution is -2.41. The number of aromatic nitrogens is 9. The van der Waals surface area contributed by atoms with E-state index in [4.69, 9.17) is 69.0 Å². The SMILES string of the molecule is CN(C)C1CCC(N)CC1.COc1nc(CS(=O)(=O)c2ccccc2Cl)ccc1-c1cc(C)c2nc(F)ncc2c1.COc1nc(CS(=O)(=O)c2ccccc2Cl)ccc1-c1cc(C)c2nc(NC3CCC(N(C)C)CC3)ncc2c1.COc1nc(CS(=O)(=O)c2ccccc2Cl)ccc1B1OC(C)(C)C(C)(C)O1.Cc1cc(Br)cc2cnc(F)nc12. The van der Waals surface area contributed by atoms with Crippen LogP contribution in [0.2, 0.25) is 15.1 Å². The maximum Gasteiger partial charge on any atom is 0.500 e. The van der Waals surface area contributed by atoms with Gasteiger partial charge in [-0.3, -0.25) is 0 Å². The fraction of sp³-hybridized carbons (Fsp3) is 0.352. The van der Waals surface area contributed by atoms with Gasteiger partial charge in [-0.1, -0.05) is 93.2 Å². The van der Waals surface area contributed by atoms with Gasteiger partial charge in [0.1, 0.15) is 0 Å². The largest absolute Gasteiger partial charge is 0.500 e. The van der Waals surface area contributed by atoms with Crippen LogP contribution in [0.25, 0.3) is 55.0 Å². The number of pyridine rings is 3. The lowest BCUT2D eigenvalue weighted by Gasteiger charge is -2.32. The van der Waals surface area contributed by atoms with Crippen molar-refractivity contribution < 1.29 is 57.6 Å². The molecule has 644 valence electrons. The maximum absolute atomic E-state index is 13.4. The van der Waals surface area contributed by atoms with Crippen molar-refractivity contribution in [2.45, 2.75) is 167 Å². The van der Waals surface area contributed by atoms with Gasteiger partial charge in [-0.15, -0.1) is 0 Å². The Bertz CT molecular complexity index is 6130. The third kappa shape index (κ3) is 23.3. The van der Waals surface area contributed by atoms with Gasteiger partial charge in [0, 0.05) is 80.0 Å². The van der Waals surface area contributed by atoms with E-state index < -0.39 is 60.0 Å². The number of benzene rings is 6. The zero-order chi connectivity index (χ0) is 88.3. The Balaban J connectivity index is 0.000000159. The van der Waals surface area contributed by atoms with Gasteiger partial charge in [-0.25, -0.2) is 70.1 Å². The van der Waals surface area contributed by atoms with Gasteiger partial charge in [0.15, 0.2) is 29.5 Å². The van der Waals surface area contributed by atoms with Crippen LogP contribution in [-0.2, 0) is 56.1 Å². The second-order valence-corrected chi connectivity index (χ2v) is 39.5. The standard InChI is InChI=1S/C30H34ClN5O3S.C22H17ClFN3O3S.C19H23BClNO5S.C9H6BrFN2.C8H18N2/c1-19-15-20(16-21-17-32-30(35-28(19)21)34-22-9-12-24(13-10-22)36(2)3)25-14-11-23(33-29(25)39-4)18-40(37,38)27-8-6-5-7-26(27)31;1-13-9-14(10-15-11-25-22(24)27-20(13)15)17-8-7-16(26-21(17)30-2)12-31(28,29)19-6-4-3-5-18(19)23;1-18(2)19(3,4)27-20(26-18)14-11-10-13(22-17(14)25-5)12-28(23,24)16-9-7-6-8-15(16)21;1-5-2-7(10)3-6-4-12-9(11)13-8(5)6;1-10(2)8-5-3-7(9)4-6-8/h5-8,11,14-17,22,24H,9-10,12-13,18H2,1-4H3,(H,32,34,35);3-11H,12H2,1-2H3;6-11H,12H2,1-5H3;2-4H,1H3;7-8H,3-6,9H2,1-2H3. The Morgan fingerprint density at radius 2 is 0.844 bits per heavy atom. The molecule has 7 heterocycles. The fourth-order valence-electron chi connectivity index (χ4n) is 14.5. The summed E-state index contributed by atoms with van der Waals surface area (Å²) < 4.78 is 132. The molecule has 34 heteroatoms. The van der Waals surface area contributed by atoms with Gasteiger partial charge >= 0.3 is 19.3 Å². The molecule has 0 unspecified atom stereocenters. The van der Waals surface area contributed by atoms with Gasteiger partial charge in [-0.05, 0) is 259 Å². The van der Waals surface area contributed by atoms with E-state index in [9.17, 15) is 34.0 Å². The highest BCUT2D eigenvalue weighted by Gasteiger charge is 2.53. The number of ether oxygens (including phenoxy) is 3. The zero-order valence-electron chi connectivity index (χ0n) is 70.2. The molecule has 0 radical (unpaired) electrons. The Labute approximate surface area is 735 Å². The second kappa shape index (κ2) is 40.3. The minimum Gasteiger partial charge on any atom is -0.481 e. The summed E-state index contributed by atoms with van der Waals surface area (Å²) in [7, 11) is 1.40. The van der Waals surface area contributed by atoms with E-state index in [1.807, 2.05) is 97.1 Å². The van der Waals surface area contributed by atoms with Crippen LogP contribution in [0.3, 0.4) is 0 Å². The summed E-state index contributed by atoms with van der Waals surface area (Å²) in [6, 6.07) is 43.1. The molecule has 0 atom stereocenters. The summed E-state index contributed by atoms with van der Waals surface area (Å²) in [5, 5.41) is 6.49. The van der Waals surface area contributed by atoms with Crippen molar-refractivity contribution in [2.75, 3.05) is 54.8 Å². The molecule has 1 aliphatic heterocycles. The first-order valence-electron chi connectivity index (χ1n) is 39.3. The molecule has 15 rings (SSSR count). The van der Waals surface area contributed by atoms with Gasteiger partial charge in [0.25, 0.3) is 0 Å². The third-order valence-electron chi connectivity index (χ3n) is 21.8. The number of sulfone groups is 3. The average Bonchev–Trinajstić information content (AvgIpc) is 1.72. The number of methoxy groups -OCH3 is 3. The maximum atomic E-state index is 13.4. The molecule has 3 fully saturated rings. The predicted octanol–water partition coefficient (Wildman–Crippen LogP) is 17.4. The number of anilines is 1. The lowest BCUT2D eigenvalue weighted by molar-refractivity contribution is 0.00578. The van der Waals surface area contributed by atoms with Crippen LogP contribution in [0, 0.1) is 32.9 Å². The van der Waals surface area contributed by atoms with E-state index >= 15 is 0 Å². The van der Waals surface area contributed by atoms with E-state index in [1.54, 1.807) is 78.9 Å². The molecule has 1 saturated heterocycles.